The number of amides is 1. The summed E-state index contributed by atoms with van der Waals surface area (Å²) in [5, 5.41) is 9.51. The van der Waals surface area contributed by atoms with Gasteiger partial charge in [0.05, 0.1) is 10.4 Å². The van der Waals surface area contributed by atoms with Crippen molar-refractivity contribution in [3.05, 3.63) is 76.2 Å². The summed E-state index contributed by atoms with van der Waals surface area (Å²) in [6.45, 7) is 2.46. The average molecular weight is 415 g/mol. The maximum Gasteiger partial charge on any atom is 0.261 e. The second kappa shape index (κ2) is 7.88. The predicted molar refractivity (Wildman–Crippen MR) is 122 cm³/mol. The van der Waals surface area contributed by atoms with Crippen molar-refractivity contribution in [2.24, 2.45) is 0 Å². The molecule has 0 aliphatic heterocycles. The molecule has 0 spiro atoms. The maximum atomic E-state index is 12.4. The molecule has 0 bridgehead atoms. The summed E-state index contributed by atoms with van der Waals surface area (Å²) in [6.07, 6.45) is 4.01. The number of nitrogens with zero attached hydrogens (tertiary/aromatic N) is 2. The largest absolute Gasteiger partial charge is 0.367 e. The van der Waals surface area contributed by atoms with Crippen LogP contribution >= 0.6 is 11.3 Å². The fraction of sp³-hybridized carbons (Fsp3) is 0.208. The zero-order valence-corrected chi connectivity index (χ0v) is 17.5. The van der Waals surface area contributed by atoms with Crippen molar-refractivity contribution in [2.75, 3.05) is 5.32 Å². The van der Waals surface area contributed by atoms with Gasteiger partial charge in [0, 0.05) is 18.0 Å². The molecule has 1 aliphatic carbocycles. The van der Waals surface area contributed by atoms with Crippen molar-refractivity contribution in [3.8, 4) is 11.1 Å². The number of fused-ring (bicyclic) bond motifs is 1. The van der Waals surface area contributed by atoms with Gasteiger partial charge in [-0.3, -0.25) is 4.79 Å². The van der Waals surface area contributed by atoms with Gasteiger partial charge in [0.15, 0.2) is 0 Å². The molecule has 2 heterocycles. The first kappa shape index (κ1) is 18.8. The summed E-state index contributed by atoms with van der Waals surface area (Å²) in [7, 11) is 0. The van der Waals surface area contributed by atoms with Gasteiger partial charge in [-0.15, -0.1) is 11.3 Å². The molecule has 4 aromatic rings. The highest BCUT2D eigenvalue weighted by molar-refractivity contribution is 7.12. The summed E-state index contributed by atoms with van der Waals surface area (Å²) >= 11 is 1.47. The lowest BCUT2D eigenvalue weighted by atomic mass is 10.0. The first-order valence-electron chi connectivity index (χ1n) is 10.1. The minimum atomic E-state index is -0.0217. The summed E-state index contributed by atoms with van der Waals surface area (Å²) in [5.74, 6) is 0.880. The van der Waals surface area contributed by atoms with E-state index < -0.39 is 0 Å². The number of hydrogen-bond acceptors (Lipinski definition) is 5. The van der Waals surface area contributed by atoms with E-state index in [-0.39, 0.29) is 5.91 Å². The predicted octanol–water partition coefficient (Wildman–Crippen LogP) is 5.17. The number of nitrogens with one attached hydrogen (secondary N) is 2. The number of carbonyl (C=O) groups excluding carboxylic acids is 1. The van der Waals surface area contributed by atoms with Gasteiger partial charge in [-0.05, 0) is 71.7 Å². The zero-order chi connectivity index (χ0) is 20.5. The first-order chi connectivity index (χ1) is 14.7. The van der Waals surface area contributed by atoms with Crippen LogP contribution in [0.15, 0.2) is 60.2 Å². The Morgan fingerprint density at radius 2 is 1.97 bits per heavy atom. The van der Waals surface area contributed by atoms with Crippen LogP contribution in [0.3, 0.4) is 0 Å². The molecule has 2 aromatic heterocycles. The van der Waals surface area contributed by atoms with Gasteiger partial charge in [0.1, 0.15) is 12.1 Å². The molecule has 0 atom stereocenters. The van der Waals surface area contributed by atoms with Crippen LogP contribution < -0.4 is 10.6 Å². The Bertz CT molecular complexity index is 1230. The van der Waals surface area contributed by atoms with E-state index in [0.29, 0.717) is 12.6 Å². The van der Waals surface area contributed by atoms with E-state index in [4.69, 9.17) is 0 Å². The molecular formula is C24H22N4OS. The first-order valence-corrected chi connectivity index (χ1v) is 11.0. The van der Waals surface area contributed by atoms with E-state index in [2.05, 4.69) is 44.9 Å². The lowest BCUT2D eigenvalue weighted by Crippen LogP contribution is -2.22. The minimum Gasteiger partial charge on any atom is -0.367 e. The quantitative estimate of drug-likeness (QED) is 0.457. The van der Waals surface area contributed by atoms with Crippen LogP contribution in [0, 0.1) is 6.92 Å². The number of thiophene rings is 1. The van der Waals surface area contributed by atoms with Crippen molar-refractivity contribution in [2.45, 2.75) is 32.4 Å². The number of aryl methyl sites for hydroxylation is 1. The minimum absolute atomic E-state index is 0.0217. The Kier molecular flexibility index (Phi) is 4.93. The van der Waals surface area contributed by atoms with Crippen LogP contribution in [-0.4, -0.2) is 21.9 Å². The van der Waals surface area contributed by atoms with E-state index in [1.807, 2.05) is 36.6 Å². The number of hydrogen-bond donors (Lipinski definition) is 2. The van der Waals surface area contributed by atoms with Crippen LogP contribution in [0.25, 0.3) is 22.0 Å². The summed E-state index contributed by atoms with van der Waals surface area (Å²) in [6, 6.07) is 17.1. The smallest absolute Gasteiger partial charge is 0.261 e. The lowest BCUT2D eigenvalue weighted by molar-refractivity contribution is 0.0954. The van der Waals surface area contributed by atoms with Crippen molar-refractivity contribution >= 4 is 34.0 Å². The maximum absolute atomic E-state index is 12.4. The molecule has 0 radical (unpaired) electrons. The highest BCUT2D eigenvalue weighted by atomic mass is 32.1. The molecule has 2 aromatic carbocycles. The van der Waals surface area contributed by atoms with Crippen molar-refractivity contribution in [1.29, 1.82) is 0 Å². The van der Waals surface area contributed by atoms with Gasteiger partial charge >= 0.3 is 0 Å². The third-order valence-electron chi connectivity index (χ3n) is 5.34. The molecule has 6 heteroatoms. The molecule has 0 unspecified atom stereocenters. The molecular weight excluding hydrogens is 392 g/mol. The fourth-order valence-electron chi connectivity index (χ4n) is 3.50. The Hall–Kier alpha value is -3.25. The fourth-order valence-corrected chi connectivity index (χ4v) is 4.34. The Morgan fingerprint density at radius 3 is 2.77 bits per heavy atom. The van der Waals surface area contributed by atoms with E-state index >= 15 is 0 Å². The standard InChI is InChI=1S/C24H22N4OS/c1-15-9-10-30-22(15)24(29)25-13-16-3-2-4-17(11-16)18-5-8-21-20(12-18)23(27-14-26-21)28-19-6-7-19/h2-5,8-12,14,19H,6-7,13H2,1H3,(H,25,29)(H,26,27,28). The summed E-state index contributed by atoms with van der Waals surface area (Å²) in [5.41, 5.74) is 5.23. The molecule has 1 saturated carbocycles. The van der Waals surface area contributed by atoms with Gasteiger partial charge in [0.2, 0.25) is 0 Å². The SMILES string of the molecule is Cc1ccsc1C(=O)NCc1cccc(-c2ccc3ncnc(NC4CC4)c3c2)c1. The molecule has 1 amide bonds. The highest BCUT2D eigenvalue weighted by Gasteiger charge is 2.22. The van der Waals surface area contributed by atoms with E-state index in [1.165, 1.54) is 24.2 Å². The van der Waals surface area contributed by atoms with Gasteiger partial charge in [-0.1, -0.05) is 24.3 Å². The van der Waals surface area contributed by atoms with Crippen LogP contribution in [0.5, 0.6) is 0 Å². The normalized spacial score (nSPS) is 13.4. The van der Waals surface area contributed by atoms with Gasteiger partial charge in [0.25, 0.3) is 5.91 Å². The molecule has 0 saturated heterocycles. The highest BCUT2D eigenvalue weighted by Crippen LogP contribution is 2.30. The average Bonchev–Trinajstić information content (AvgIpc) is 3.49. The topological polar surface area (TPSA) is 66.9 Å². The number of rotatable bonds is 6. The van der Waals surface area contributed by atoms with Crippen LogP contribution in [-0.2, 0) is 6.54 Å². The van der Waals surface area contributed by atoms with Gasteiger partial charge < -0.3 is 10.6 Å². The van der Waals surface area contributed by atoms with Crippen LogP contribution in [0.4, 0.5) is 5.82 Å². The molecule has 30 heavy (non-hydrogen) atoms. The molecule has 5 nitrogen and oxygen atoms in total. The van der Waals surface area contributed by atoms with Crippen LogP contribution in [0.1, 0.15) is 33.6 Å². The third-order valence-corrected chi connectivity index (χ3v) is 6.35. The van der Waals surface area contributed by atoms with Crippen LogP contribution in [0.2, 0.25) is 0 Å². The second-order valence-electron chi connectivity index (χ2n) is 7.69. The number of anilines is 1. The Balaban J connectivity index is 1.38. The lowest BCUT2D eigenvalue weighted by Gasteiger charge is -2.10. The molecule has 2 N–H and O–H groups in total. The van der Waals surface area contributed by atoms with E-state index in [9.17, 15) is 4.79 Å². The van der Waals surface area contributed by atoms with E-state index in [0.717, 1.165) is 43.9 Å². The number of benzene rings is 2. The summed E-state index contributed by atoms with van der Waals surface area (Å²) in [4.78, 5) is 22.0. The number of carbonyl (C=O) groups is 1. The van der Waals surface area contributed by atoms with Crippen molar-refractivity contribution < 1.29 is 4.79 Å². The van der Waals surface area contributed by atoms with Gasteiger partial charge in [-0.25, -0.2) is 9.97 Å². The van der Waals surface area contributed by atoms with Crippen molar-refractivity contribution in [1.82, 2.24) is 15.3 Å². The van der Waals surface area contributed by atoms with Gasteiger partial charge in [-0.2, -0.15) is 0 Å². The zero-order valence-electron chi connectivity index (χ0n) is 16.7. The van der Waals surface area contributed by atoms with E-state index in [1.54, 1.807) is 6.33 Å². The molecule has 150 valence electrons. The monoisotopic (exact) mass is 414 g/mol. The Morgan fingerprint density at radius 1 is 1.10 bits per heavy atom. The Labute approximate surface area is 179 Å². The molecule has 1 aliphatic rings. The molecule has 5 rings (SSSR count). The summed E-state index contributed by atoms with van der Waals surface area (Å²) < 4.78 is 0. The van der Waals surface area contributed by atoms with Crippen molar-refractivity contribution in [3.63, 3.8) is 0 Å². The number of aromatic nitrogens is 2. The molecule has 1 fully saturated rings. The second-order valence-corrected chi connectivity index (χ2v) is 8.60. The third kappa shape index (κ3) is 3.91.